The first kappa shape index (κ1) is 15.3. The van der Waals surface area contributed by atoms with Gasteiger partial charge in [-0.15, -0.1) is 0 Å². The molecule has 0 aliphatic heterocycles. The lowest BCUT2D eigenvalue weighted by molar-refractivity contribution is 0.175. The van der Waals surface area contributed by atoms with Crippen molar-refractivity contribution in [3.63, 3.8) is 0 Å². The van der Waals surface area contributed by atoms with E-state index in [-0.39, 0.29) is 6.04 Å². The maximum absolute atomic E-state index is 5.89. The van der Waals surface area contributed by atoms with Crippen LogP contribution < -0.4 is 16.0 Å². The standard InChI is InChI=1S/C17H28N2O/c1-11-5-6-16(20-4)15(10-11)17(19-18)14-8-12(2)7-13(3)9-14/h5-6,10,12-14,17,19H,7-9,18H2,1-4H3. The predicted octanol–water partition coefficient (Wildman–Crippen LogP) is 3.58. The summed E-state index contributed by atoms with van der Waals surface area (Å²) in [5, 5.41) is 0. The van der Waals surface area contributed by atoms with Crippen LogP contribution in [0.1, 0.15) is 50.3 Å². The van der Waals surface area contributed by atoms with Gasteiger partial charge in [-0.2, -0.15) is 0 Å². The molecule has 1 aromatic carbocycles. The summed E-state index contributed by atoms with van der Waals surface area (Å²) in [7, 11) is 1.73. The van der Waals surface area contributed by atoms with Crippen LogP contribution in [0.4, 0.5) is 0 Å². The molecule has 1 saturated carbocycles. The van der Waals surface area contributed by atoms with Gasteiger partial charge in [0.2, 0.25) is 0 Å². The lowest BCUT2D eigenvalue weighted by Crippen LogP contribution is -2.37. The number of aryl methyl sites for hydroxylation is 1. The van der Waals surface area contributed by atoms with Gasteiger partial charge in [0.25, 0.3) is 0 Å². The Morgan fingerprint density at radius 1 is 1.20 bits per heavy atom. The van der Waals surface area contributed by atoms with Gasteiger partial charge in [-0.05, 0) is 50.0 Å². The molecule has 0 spiro atoms. The molecule has 0 heterocycles. The lowest BCUT2D eigenvalue weighted by Gasteiger charge is -2.37. The van der Waals surface area contributed by atoms with Crippen molar-refractivity contribution in [1.29, 1.82) is 0 Å². The fourth-order valence-corrected chi connectivity index (χ4v) is 3.86. The molecule has 0 radical (unpaired) electrons. The summed E-state index contributed by atoms with van der Waals surface area (Å²) >= 11 is 0. The van der Waals surface area contributed by atoms with Gasteiger partial charge in [-0.25, -0.2) is 0 Å². The summed E-state index contributed by atoms with van der Waals surface area (Å²) in [6.07, 6.45) is 3.80. The number of methoxy groups -OCH3 is 1. The third kappa shape index (κ3) is 3.33. The Kier molecular flexibility index (Phi) is 5.06. The fraction of sp³-hybridized carbons (Fsp3) is 0.647. The monoisotopic (exact) mass is 276 g/mol. The Morgan fingerprint density at radius 3 is 2.40 bits per heavy atom. The Balaban J connectivity index is 2.29. The number of hydrogen-bond donors (Lipinski definition) is 2. The smallest absolute Gasteiger partial charge is 0.123 e. The number of ether oxygens (including phenoxy) is 1. The molecule has 3 N–H and O–H groups in total. The first-order valence-electron chi connectivity index (χ1n) is 7.65. The zero-order valence-electron chi connectivity index (χ0n) is 13.1. The highest BCUT2D eigenvalue weighted by Crippen LogP contribution is 2.41. The zero-order valence-corrected chi connectivity index (χ0v) is 13.1. The number of nitrogens with two attached hydrogens (primary N) is 1. The predicted molar refractivity (Wildman–Crippen MR) is 83.5 cm³/mol. The van der Waals surface area contributed by atoms with Gasteiger partial charge in [0.05, 0.1) is 13.2 Å². The molecule has 20 heavy (non-hydrogen) atoms. The summed E-state index contributed by atoms with van der Waals surface area (Å²) in [5.74, 6) is 8.95. The molecular weight excluding hydrogens is 248 g/mol. The summed E-state index contributed by atoms with van der Waals surface area (Å²) < 4.78 is 5.53. The SMILES string of the molecule is COc1ccc(C)cc1C(NN)C1CC(C)CC(C)C1. The minimum Gasteiger partial charge on any atom is -0.496 e. The molecule has 1 fully saturated rings. The van der Waals surface area contributed by atoms with E-state index in [1.165, 1.54) is 30.4 Å². The molecule has 0 aromatic heterocycles. The van der Waals surface area contributed by atoms with Gasteiger partial charge in [0, 0.05) is 5.56 Å². The zero-order chi connectivity index (χ0) is 14.7. The van der Waals surface area contributed by atoms with Crippen LogP contribution in [0.15, 0.2) is 18.2 Å². The number of nitrogens with one attached hydrogen (secondary N) is 1. The van der Waals surface area contributed by atoms with Crippen molar-refractivity contribution in [3.05, 3.63) is 29.3 Å². The molecular formula is C17H28N2O. The van der Waals surface area contributed by atoms with Crippen LogP contribution >= 0.6 is 0 Å². The third-order valence-electron chi connectivity index (χ3n) is 4.59. The van der Waals surface area contributed by atoms with Crippen molar-refractivity contribution in [2.75, 3.05) is 7.11 Å². The van der Waals surface area contributed by atoms with Crippen LogP contribution in [0.5, 0.6) is 5.75 Å². The molecule has 112 valence electrons. The Bertz CT molecular complexity index is 437. The fourth-order valence-electron chi connectivity index (χ4n) is 3.86. The molecule has 0 amide bonds. The van der Waals surface area contributed by atoms with Crippen molar-refractivity contribution in [2.24, 2.45) is 23.6 Å². The van der Waals surface area contributed by atoms with E-state index in [1.807, 2.05) is 6.07 Å². The number of benzene rings is 1. The molecule has 3 heteroatoms. The van der Waals surface area contributed by atoms with Gasteiger partial charge in [-0.1, -0.05) is 31.5 Å². The first-order valence-corrected chi connectivity index (χ1v) is 7.65. The highest BCUT2D eigenvalue weighted by Gasteiger charge is 2.31. The quantitative estimate of drug-likeness (QED) is 0.652. The second-order valence-electron chi connectivity index (χ2n) is 6.57. The van der Waals surface area contributed by atoms with Gasteiger partial charge in [-0.3, -0.25) is 11.3 Å². The molecule has 1 aliphatic rings. The minimum absolute atomic E-state index is 0.176. The Morgan fingerprint density at radius 2 is 1.85 bits per heavy atom. The average molecular weight is 276 g/mol. The number of rotatable bonds is 4. The Labute approximate surface area is 122 Å². The molecule has 0 bridgehead atoms. The van der Waals surface area contributed by atoms with E-state index in [4.69, 9.17) is 10.6 Å². The van der Waals surface area contributed by atoms with E-state index in [0.29, 0.717) is 5.92 Å². The molecule has 3 unspecified atom stereocenters. The van der Waals surface area contributed by atoms with Gasteiger partial charge in [0.1, 0.15) is 5.75 Å². The van der Waals surface area contributed by atoms with Crippen LogP contribution in [0, 0.1) is 24.7 Å². The highest BCUT2D eigenvalue weighted by atomic mass is 16.5. The van der Waals surface area contributed by atoms with Crippen molar-refractivity contribution in [3.8, 4) is 5.75 Å². The van der Waals surface area contributed by atoms with E-state index in [2.05, 4.69) is 38.3 Å². The van der Waals surface area contributed by atoms with E-state index in [1.54, 1.807) is 7.11 Å². The third-order valence-corrected chi connectivity index (χ3v) is 4.59. The summed E-state index contributed by atoms with van der Waals surface area (Å²) in [6.45, 7) is 6.82. The maximum Gasteiger partial charge on any atom is 0.123 e. The Hall–Kier alpha value is -1.06. The summed E-state index contributed by atoms with van der Waals surface area (Å²) in [6, 6.07) is 6.51. The maximum atomic E-state index is 5.89. The van der Waals surface area contributed by atoms with Crippen LogP contribution in [-0.4, -0.2) is 7.11 Å². The lowest BCUT2D eigenvalue weighted by atomic mass is 9.72. The van der Waals surface area contributed by atoms with Crippen molar-refractivity contribution < 1.29 is 4.74 Å². The number of hydrazine groups is 1. The molecule has 3 nitrogen and oxygen atoms in total. The van der Waals surface area contributed by atoms with Crippen molar-refractivity contribution in [2.45, 2.75) is 46.1 Å². The van der Waals surface area contributed by atoms with Gasteiger partial charge < -0.3 is 4.74 Å². The molecule has 1 aliphatic carbocycles. The largest absolute Gasteiger partial charge is 0.496 e. The molecule has 3 atom stereocenters. The van der Waals surface area contributed by atoms with Crippen molar-refractivity contribution in [1.82, 2.24) is 5.43 Å². The van der Waals surface area contributed by atoms with E-state index < -0.39 is 0 Å². The molecule has 0 saturated heterocycles. The van der Waals surface area contributed by atoms with E-state index in [0.717, 1.165) is 17.6 Å². The first-order chi connectivity index (χ1) is 9.55. The summed E-state index contributed by atoms with van der Waals surface area (Å²) in [4.78, 5) is 0. The average Bonchev–Trinajstić information content (AvgIpc) is 2.39. The minimum atomic E-state index is 0.176. The van der Waals surface area contributed by atoms with E-state index >= 15 is 0 Å². The topological polar surface area (TPSA) is 47.3 Å². The van der Waals surface area contributed by atoms with Gasteiger partial charge >= 0.3 is 0 Å². The number of hydrogen-bond acceptors (Lipinski definition) is 3. The highest BCUT2D eigenvalue weighted by molar-refractivity contribution is 5.39. The molecule has 1 aromatic rings. The van der Waals surface area contributed by atoms with Crippen LogP contribution in [-0.2, 0) is 0 Å². The molecule has 2 rings (SSSR count). The second kappa shape index (κ2) is 6.59. The van der Waals surface area contributed by atoms with Crippen LogP contribution in [0.25, 0.3) is 0 Å². The summed E-state index contributed by atoms with van der Waals surface area (Å²) in [5.41, 5.74) is 5.49. The van der Waals surface area contributed by atoms with Gasteiger partial charge in [0.15, 0.2) is 0 Å². The van der Waals surface area contributed by atoms with Crippen molar-refractivity contribution >= 4 is 0 Å². The van der Waals surface area contributed by atoms with Crippen LogP contribution in [0.2, 0.25) is 0 Å². The van der Waals surface area contributed by atoms with Crippen LogP contribution in [0.3, 0.4) is 0 Å². The second-order valence-corrected chi connectivity index (χ2v) is 6.57. The van der Waals surface area contributed by atoms with E-state index in [9.17, 15) is 0 Å². The normalized spacial score (nSPS) is 28.1.